The molecule has 0 heterocycles. The van der Waals surface area contributed by atoms with E-state index in [1.807, 2.05) is 12.1 Å². The van der Waals surface area contributed by atoms with Crippen LogP contribution in [0.5, 0.6) is 0 Å². The number of rotatable bonds is 3. The fraction of sp³-hybridized carbons (Fsp3) is 0.500. The third kappa shape index (κ3) is 5.33. The molecular weight excluding hydrogens is 272 g/mol. The van der Waals surface area contributed by atoms with Gasteiger partial charge in [0.1, 0.15) is 0 Å². The second-order valence-electron chi connectivity index (χ2n) is 5.28. The Morgan fingerprint density at radius 1 is 1.05 bits per heavy atom. The van der Waals surface area contributed by atoms with Crippen LogP contribution in [0.15, 0.2) is 29.4 Å². The maximum absolute atomic E-state index is 11.8. The quantitative estimate of drug-likeness (QED) is 0.837. The highest BCUT2D eigenvalue weighted by Crippen LogP contribution is 2.14. The molecule has 0 aromatic heterocycles. The first-order chi connectivity index (χ1) is 9.74. The Kier molecular flexibility index (Phi) is 6.06. The van der Waals surface area contributed by atoms with Gasteiger partial charge in [-0.25, -0.2) is 5.43 Å². The summed E-state index contributed by atoms with van der Waals surface area (Å²) in [5.74, 6) is -0.0677. The fourth-order valence-corrected chi connectivity index (χ4v) is 2.52. The Labute approximate surface area is 125 Å². The van der Waals surface area contributed by atoms with Crippen LogP contribution < -0.4 is 5.43 Å². The SMILES string of the molecule is O=C(Cc1ccc(Cl)cc1)NN=C1CCCCCCC1. The van der Waals surface area contributed by atoms with Crippen molar-refractivity contribution in [3.63, 3.8) is 0 Å². The van der Waals surface area contributed by atoms with E-state index in [1.54, 1.807) is 12.1 Å². The molecule has 0 spiro atoms. The molecule has 1 fully saturated rings. The molecule has 108 valence electrons. The van der Waals surface area contributed by atoms with Gasteiger partial charge in [0.05, 0.1) is 6.42 Å². The van der Waals surface area contributed by atoms with Crippen LogP contribution in [0.2, 0.25) is 5.02 Å². The van der Waals surface area contributed by atoms with E-state index in [9.17, 15) is 4.79 Å². The molecular formula is C16H21ClN2O. The molecule has 1 aromatic rings. The smallest absolute Gasteiger partial charge is 0.244 e. The topological polar surface area (TPSA) is 41.5 Å². The van der Waals surface area contributed by atoms with Crippen molar-refractivity contribution in [2.45, 2.75) is 51.4 Å². The van der Waals surface area contributed by atoms with Gasteiger partial charge in [0.25, 0.3) is 0 Å². The van der Waals surface area contributed by atoms with Gasteiger partial charge in [-0.1, -0.05) is 43.0 Å². The lowest BCUT2D eigenvalue weighted by molar-refractivity contribution is -0.120. The Bertz CT molecular complexity index is 458. The molecule has 0 saturated heterocycles. The van der Waals surface area contributed by atoms with Crippen LogP contribution in [0.1, 0.15) is 50.5 Å². The number of carbonyl (C=O) groups excluding carboxylic acids is 1. The summed E-state index contributed by atoms with van der Waals surface area (Å²) in [7, 11) is 0. The lowest BCUT2D eigenvalue weighted by Crippen LogP contribution is -2.21. The molecule has 0 bridgehead atoms. The van der Waals surface area contributed by atoms with Gasteiger partial charge in [-0.3, -0.25) is 4.79 Å². The molecule has 1 aliphatic carbocycles. The fourth-order valence-electron chi connectivity index (χ4n) is 2.39. The van der Waals surface area contributed by atoms with Gasteiger partial charge >= 0.3 is 0 Å². The maximum atomic E-state index is 11.8. The van der Waals surface area contributed by atoms with Crippen molar-refractivity contribution in [3.05, 3.63) is 34.9 Å². The normalized spacial score (nSPS) is 16.1. The van der Waals surface area contributed by atoms with E-state index in [-0.39, 0.29) is 5.91 Å². The zero-order chi connectivity index (χ0) is 14.2. The molecule has 1 aromatic carbocycles. The summed E-state index contributed by atoms with van der Waals surface area (Å²) in [6.07, 6.45) is 8.62. The number of hydrazone groups is 1. The summed E-state index contributed by atoms with van der Waals surface area (Å²) in [6.45, 7) is 0. The number of amides is 1. The minimum Gasteiger partial charge on any atom is -0.273 e. The Morgan fingerprint density at radius 2 is 1.65 bits per heavy atom. The van der Waals surface area contributed by atoms with E-state index >= 15 is 0 Å². The van der Waals surface area contributed by atoms with E-state index in [2.05, 4.69) is 10.5 Å². The Hall–Kier alpha value is -1.35. The lowest BCUT2D eigenvalue weighted by Gasteiger charge is -2.11. The second-order valence-corrected chi connectivity index (χ2v) is 5.72. The molecule has 1 N–H and O–H groups in total. The monoisotopic (exact) mass is 292 g/mol. The third-order valence-corrected chi connectivity index (χ3v) is 3.80. The predicted octanol–water partition coefficient (Wildman–Crippen LogP) is 4.10. The second kappa shape index (κ2) is 8.05. The predicted molar refractivity (Wildman–Crippen MR) is 83.1 cm³/mol. The van der Waals surface area contributed by atoms with Crippen LogP contribution in [-0.4, -0.2) is 11.6 Å². The highest BCUT2D eigenvalue weighted by Gasteiger charge is 2.06. The maximum Gasteiger partial charge on any atom is 0.244 e. The van der Waals surface area contributed by atoms with Crippen molar-refractivity contribution in [3.8, 4) is 0 Å². The van der Waals surface area contributed by atoms with Gasteiger partial charge in [0.15, 0.2) is 0 Å². The van der Waals surface area contributed by atoms with Gasteiger partial charge in [0.2, 0.25) is 5.91 Å². The number of benzene rings is 1. The molecule has 1 amide bonds. The van der Waals surface area contributed by atoms with E-state index in [1.165, 1.54) is 32.1 Å². The number of nitrogens with one attached hydrogen (secondary N) is 1. The summed E-state index contributed by atoms with van der Waals surface area (Å²) in [5.41, 5.74) is 4.76. The van der Waals surface area contributed by atoms with E-state index in [4.69, 9.17) is 11.6 Å². The van der Waals surface area contributed by atoms with Crippen molar-refractivity contribution < 1.29 is 4.79 Å². The molecule has 4 heteroatoms. The van der Waals surface area contributed by atoms with Crippen molar-refractivity contribution in [2.24, 2.45) is 5.10 Å². The van der Waals surface area contributed by atoms with E-state index < -0.39 is 0 Å². The molecule has 0 atom stereocenters. The largest absolute Gasteiger partial charge is 0.273 e. The minimum absolute atomic E-state index is 0.0677. The van der Waals surface area contributed by atoms with Crippen LogP contribution in [0.3, 0.4) is 0 Å². The number of hydrogen-bond donors (Lipinski definition) is 1. The lowest BCUT2D eigenvalue weighted by atomic mass is 9.99. The molecule has 0 unspecified atom stereocenters. The molecule has 2 rings (SSSR count). The zero-order valence-corrected chi connectivity index (χ0v) is 12.5. The van der Waals surface area contributed by atoms with Crippen LogP contribution >= 0.6 is 11.6 Å². The van der Waals surface area contributed by atoms with Crippen LogP contribution in [0, 0.1) is 0 Å². The molecule has 1 aliphatic rings. The van der Waals surface area contributed by atoms with Crippen LogP contribution in [0.25, 0.3) is 0 Å². The summed E-state index contributed by atoms with van der Waals surface area (Å²) in [6, 6.07) is 7.32. The molecule has 3 nitrogen and oxygen atoms in total. The first kappa shape index (κ1) is 15.0. The average Bonchev–Trinajstić information content (AvgIpc) is 2.40. The zero-order valence-electron chi connectivity index (χ0n) is 11.7. The summed E-state index contributed by atoms with van der Waals surface area (Å²) in [5, 5.41) is 4.97. The molecule has 0 aliphatic heterocycles. The van der Waals surface area contributed by atoms with Gasteiger partial charge < -0.3 is 0 Å². The molecule has 0 radical (unpaired) electrons. The summed E-state index contributed by atoms with van der Waals surface area (Å²) >= 11 is 5.82. The first-order valence-electron chi connectivity index (χ1n) is 7.33. The van der Waals surface area contributed by atoms with E-state index in [0.29, 0.717) is 11.4 Å². The first-order valence-corrected chi connectivity index (χ1v) is 7.70. The van der Waals surface area contributed by atoms with Gasteiger partial charge in [-0.05, 0) is 43.4 Å². The number of hydrogen-bond acceptors (Lipinski definition) is 2. The van der Waals surface area contributed by atoms with Crippen molar-refractivity contribution in [1.29, 1.82) is 0 Å². The number of nitrogens with zero attached hydrogens (tertiary/aromatic N) is 1. The molecule has 1 saturated carbocycles. The van der Waals surface area contributed by atoms with Crippen LogP contribution in [-0.2, 0) is 11.2 Å². The van der Waals surface area contributed by atoms with Crippen molar-refractivity contribution in [2.75, 3.05) is 0 Å². The highest BCUT2D eigenvalue weighted by atomic mass is 35.5. The summed E-state index contributed by atoms with van der Waals surface area (Å²) in [4.78, 5) is 11.8. The van der Waals surface area contributed by atoms with Crippen molar-refractivity contribution >= 4 is 23.2 Å². The van der Waals surface area contributed by atoms with Gasteiger partial charge in [0, 0.05) is 10.7 Å². The summed E-state index contributed by atoms with van der Waals surface area (Å²) < 4.78 is 0. The standard InChI is InChI=1S/C16H21ClN2O/c17-14-10-8-13(9-11-14)12-16(20)19-18-15-6-4-2-1-3-5-7-15/h8-11H,1-7,12H2,(H,19,20). The number of carbonyl (C=O) groups is 1. The number of halogens is 1. The third-order valence-electron chi connectivity index (χ3n) is 3.55. The van der Waals surface area contributed by atoms with Gasteiger partial charge in [-0.2, -0.15) is 5.10 Å². The Morgan fingerprint density at radius 3 is 2.30 bits per heavy atom. The average molecular weight is 293 g/mol. The highest BCUT2D eigenvalue weighted by molar-refractivity contribution is 6.30. The van der Waals surface area contributed by atoms with Gasteiger partial charge in [-0.15, -0.1) is 0 Å². The minimum atomic E-state index is -0.0677. The molecule has 20 heavy (non-hydrogen) atoms. The van der Waals surface area contributed by atoms with Crippen molar-refractivity contribution in [1.82, 2.24) is 5.43 Å². The van der Waals surface area contributed by atoms with E-state index in [0.717, 1.165) is 24.1 Å². The van der Waals surface area contributed by atoms with Crippen LogP contribution in [0.4, 0.5) is 0 Å². The Balaban J connectivity index is 1.82.